The molecule has 9 heteroatoms. The van der Waals surface area contributed by atoms with E-state index in [0.717, 1.165) is 44.3 Å². The van der Waals surface area contributed by atoms with Gasteiger partial charge in [0.2, 0.25) is 0 Å². The van der Waals surface area contributed by atoms with E-state index in [1.165, 1.54) is 0 Å². The molecule has 0 radical (unpaired) electrons. The molecular weight excluding hydrogens is 688 g/mol. The minimum Gasteiger partial charge on any atom is -0.540 e. The predicted molar refractivity (Wildman–Crippen MR) is 147 cm³/mol. The Morgan fingerprint density at radius 3 is 2.08 bits per heavy atom. The molecule has 2 aromatic heterocycles. The van der Waals surface area contributed by atoms with Crippen molar-refractivity contribution in [3.63, 3.8) is 0 Å². The van der Waals surface area contributed by atoms with Crippen molar-refractivity contribution >= 4 is 24.4 Å². The molecule has 196 valence electrons. The summed E-state index contributed by atoms with van der Waals surface area (Å²) in [5, 5.41) is 9.41. The van der Waals surface area contributed by atoms with Gasteiger partial charge in [0, 0.05) is 46.9 Å². The van der Waals surface area contributed by atoms with Crippen LogP contribution < -0.4 is 14.2 Å². The van der Waals surface area contributed by atoms with Crippen LogP contribution in [0.2, 0.25) is 0 Å². The molecule has 0 fully saturated rings. The second kappa shape index (κ2) is 15.7. The third-order valence-corrected chi connectivity index (χ3v) is 6.31. The van der Waals surface area contributed by atoms with Gasteiger partial charge in [-0.3, -0.25) is 0 Å². The van der Waals surface area contributed by atoms with Crippen LogP contribution in [-0.4, -0.2) is 42.7 Å². The summed E-state index contributed by atoms with van der Waals surface area (Å²) in [6, 6.07) is 21.3. The number of ether oxygens (including phenoxy) is 3. The van der Waals surface area contributed by atoms with Gasteiger partial charge in [0.15, 0.2) is 0 Å². The Bertz CT molecular complexity index is 1190. The fourth-order valence-electron chi connectivity index (χ4n) is 3.32. The van der Waals surface area contributed by atoms with Crippen molar-refractivity contribution in [2.24, 2.45) is 0 Å². The zero-order valence-electron chi connectivity index (χ0n) is 20.9. The first kappa shape index (κ1) is 30.7. The maximum atomic E-state index is 9.41. The summed E-state index contributed by atoms with van der Waals surface area (Å²) in [6.45, 7) is -0.0736. The zero-order chi connectivity index (χ0) is 25.9. The zero-order valence-corrected chi connectivity index (χ0v) is 24.9. The van der Waals surface area contributed by atoms with Crippen molar-refractivity contribution in [2.45, 2.75) is 17.3 Å². The standard InChI is InChI=1S/2C14H14NO2S.Pt/c1-16-10-4-5-12(14(8-10)17-2)13-9-11(18-3)6-7-15-13;1-17-12-2-3-13(11(7-12)8-16)14-6-10(9-18)4-5-15-14;/h4,6-9H,1-3H3;2,4-7,16,18H,8-9H2,1H3;/q2*-1;+2. The van der Waals surface area contributed by atoms with Gasteiger partial charge in [-0.1, -0.05) is 35.4 Å². The van der Waals surface area contributed by atoms with Crippen LogP contribution in [0.25, 0.3) is 22.5 Å². The molecule has 0 bridgehead atoms. The van der Waals surface area contributed by atoms with Crippen molar-refractivity contribution < 1.29 is 40.4 Å². The number of thioether (sulfide) groups is 1. The molecule has 37 heavy (non-hydrogen) atoms. The third kappa shape index (κ3) is 8.24. The Hall–Kier alpha value is -2.51. The van der Waals surface area contributed by atoms with Crippen molar-refractivity contribution in [3.8, 4) is 39.8 Å². The number of benzene rings is 2. The van der Waals surface area contributed by atoms with Crippen LogP contribution >= 0.6 is 24.4 Å². The minimum absolute atomic E-state index is 0. The van der Waals surface area contributed by atoms with Crippen molar-refractivity contribution in [1.29, 1.82) is 0 Å². The van der Waals surface area contributed by atoms with Gasteiger partial charge in [-0.15, -0.1) is 41.6 Å². The maximum absolute atomic E-state index is 9.41. The average molecular weight is 716 g/mol. The number of aliphatic hydroxyl groups is 1. The molecule has 0 aliphatic carbocycles. The number of thiol groups is 1. The average Bonchev–Trinajstić information content (AvgIpc) is 2.96. The summed E-state index contributed by atoms with van der Waals surface area (Å²) < 4.78 is 15.6. The molecule has 0 atom stereocenters. The molecule has 0 spiro atoms. The van der Waals surface area contributed by atoms with Gasteiger partial charge in [-0.25, -0.2) is 0 Å². The fraction of sp³-hybridized carbons (Fsp3) is 0.214. The Balaban J connectivity index is 0.000000253. The van der Waals surface area contributed by atoms with Gasteiger partial charge in [-0.2, -0.15) is 12.6 Å². The van der Waals surface area contributed by atoms with E-state index in [1.54, 1.807) is 63.7 Å². The summed E-state index contributed by atoms with van der Waals surface area (Å²) in [4.78, 5) is 9.82. The normalized spacial score (nSPS) is 10.0. The van der Waals surface area contributed by atoms with Crippen molar-refractivity contribution in [1.82, 2.24) is 9.97 Å². The van der Waals surface area contributed by atoms with Crippen LogP contribution in [0.5, 0.6) is 17.2 Å². The first-order chi connectivity index (χ1) is 17.6. The van der Waals surface area contributed by atoms with Crippen LogP contribution in [0.3, 0.4) is 0 Å². The summed E-state index contributed by atoms with van der Waals surface area (Å²) in [7, 11) is 4.84. The van der Waals surface area contributed by atoms with Crippen LogP contribution in [0.4, 0.5) is 0 Å². The molecular formula is C28H28N2O4PtS2. The largest absolute Gasteiger partial charge is 2.00 e. The van der Waals surface area contributed by atoms with Crippen LogP contribution in [0.15, 0.2) is 65.8 Å². The van der Waals surface area contributed by atoms with E-state index < -0.39 is 0 Å². The monoisotopic (exact) mass is 715 g/mol. The second-order valence-corrected chi connectivity index (χ2v) is 8.56. The van der Waals surface area contributed by atoms with Gasteiger partial charge < -0.3 is 29.3 Å². The summed E-state index contributed by atoms with van der Waals surface area (Å²) >= 11 is 5.92. The number of aromatic nitrogens is 2. The molecule has 4 rings (SSSR count). The van der Waals surface area contributed by atoms with Gasteiger partial charge in [0.25, 0.3) is 0 Å². The molecule has 0 amide bonds. The third-order valence-electron chi connectivity index (χ3n) is 5.22. The summed E-state index contributed by atoms with van der Waals surface area (Å²) in [5.41, 5.74) is 5.10. The smallest absolute Gasteiger partial charge is 0.540 e. The quantitative estimate of drug-likeness (QED) is 0.137. The molecule has 0 aliphatic rings. The van der Waals surface area contributed by atoms with Gasteiger partial charge >= 0.3 is 21.1 Å². The predicted octanol–water partition coefficient (Wildman–Crippen LogP) is 5.76. The molecule has 0 saturated carbocycles. The fourth-order valence-corrected chi connectivity index (χ4v) is 3.95. The molecule has 6 nitrogen and oxygen atoms in total. The first-order valence-corrected chi connectivity index (χ1v) is 12.8. The molecule has 0 unspecified atom stereocenters. The number of hydrogen-bond acceptors (Lipinski definition) is 8. The van der Waals surface area contributed by atoms with Gasteiger partial charge in [-0.05, 0) is 35.3 Å². The van der Waals surface area contributed by atoms with Gasteiger partial charge in [0.1, 0.15) is 0 Å². The van der Waals surface area contributed by atoms with Crippen LogP contribution in [0.1, 0.15) is 11.1 Å². The Morgan fingerprint density at radius 1 is 0.865 bits per heavy atom. The molecule has 2 heterocycles. The Labute approximate surface area is 242 Å². The number of hydrogen-bond donors (Lipinski definition) is 2. The summed E-state index contributed by atoms with van der Waals surface area (Å²) in [5.74, 6) is 2.75. The van der Waals surface area contributed by atoms with E-state index in [-0.39, 0.29) is 27.7 Å². The number of methoxy groups -OCH3 is 3. The number of nitrogens with zero attached hydrogens (tertiary/aromatic N) is 2. The van der Waals surface area contributed by atoms with E-state index in [4.69, 9.17) is 14.2 Å². The summed E-state index contributed by atoms with van der Waals surface area (Å²) in [6.07, 6.45) is 5.56. The first-order valence-electron chi connectivity index (χ1n) is 11.0. The molecule has 1 N–H and O–H groups in total. The van der Waals surface area contributed by atoms with E-state index in [9.17, 15) is 5.11 Å². The van der Waals surface area contributed by atoms with E-state index in [0.29, 0.717) is 17.3 Å². The molecule has 2 aromatic carbocycles. The number of aliphatic hydroxyl groups excluding tert-OH is 1. The van der Waals surface area contributed by atoms with Crippen molar-refractivity contribution in [3.05, 3.63) is 84.2 Å². The Kier molecular flexibility index (Phi) is 13.0. The second-order valence-electron chi connectivity index (χ2n) is 7.37. The van der Waals surface area contributed by atoms with E-state index >= 15 is 0 Å². The van der Waals surface area contributed by atoms with E-state index in [2.05, 4.69) is 34.7 Å². The van der Waals surface area contributed by atoms with E-state index in [1.807, 2.05) is 36.6 Å². The molecule has 0 saturated heterocycles. The Morgan fingerprint density at radius 2 is 1.49 bits per heavy atom. The van der Waals surface area contributed by atoms with Crippen LogP contribution in [0, 0.1) is 12.1 Å². The van der Waals surface area contributed by atoms with Crippen LogP contribution in [-0.2, 0) is 33.4 Å². The number of pyridine rings is 2. The van der Waals surface area contributed by atoms with Gasteiger partial charge in [0.05, 0.1) is 21.3 Å². The number of rotatable bonds is 8. The molecule has 0 aliphatic heterocycles. The van der Waals surface area contributed by atoms with Crippen molar-refractivity contribution in [2.75, 3.05) is 27.6 Å². The SMILES string of the molecule is COc1c[c-]c(-c2cc(CS)ccn2)c(CO)c1.COc1c[c-]c(-c2cc(SC)ccn2)c(OC)c1.[Pt+2]. The minimum atomic E-state index is -0.0736. The maximum Gasteiger partial charge on any atom is 2.00 e. The molecule has 4 aromatic rings. The topological polar surface area (TPSA) is 73.7 Å².